The second-order valence-electron chi connectivity index (χ2n) is 3.95. The third-order valence-electron chi connectivity index (χ3n) is 2.64. The zero-order chi connectivity index (χ0) is 13.0. The van der Waals surface area contributed by atoms with Crippen molar-refractivity contribution in [1.82, 2.24) is 4.98 Å². The van der Waals surface area contributed by atoms with Crippen LogP contribution in [0, 0.1) is 17.1 Å². The molecule has 0 radical (unpaired) electrons. The summed E-state index contributed by atoms with van der Waals surface area (Å²) < 4.78 is 13.5. The van der Waals surface area contributed by atoms with Gasteiger partial charge >= 0.3 is 0 Å². The molecule has 0 spiro atoms. The Kier molecular flexibility index (Phi) is 3.54. The number of hydrogen-bond acceptors (Lipinski definition) is 3. The zero-order valence-electron chi connectivity index (χ0n) is 9.97. The van der Waals surface area contributed by atoms with Crippen molar-refractivity contribution in [2.75, 3.05) is 11.9 Å². The topological polar surface area (TPSA) is 39.9 Å². The minimum absolute atomic E-state index is 0.0602. The van der Waals surface area contributed by atoms with Crippen molar-refractivity contribution in [3.63, 3.8) is 0 Å². The van der Waals surface area contributed by atoms with E-state index in [9.17, 15) is 4.39 Å². The average molecular weight is 241 g/mol. The Balaban J connectivity index is 2.17. The maximum Gasteiger partial charge on any atom is 0.143 e. The molecule has 1 heterocycles. The van der Waals surface area contributed by atoms with E-state index in [1.165, 1.54) is 12.1 Å². The molecule has 4 heteroatoms. The van der Waals surface area contributed by atoms with E-state index in [2.05, 4.69) is 4.98 Å². The first-order valence-electron chi connectivity index (χ1n) is 5.51. The molecule has 0 saturated carbocycles. The first kappa shape index (κ1) is 12.1. The van der Waals surface area contributed by atoms with Crippen LogP contribution >= 0.6 is 0 Å². The number of benzene rings is 1. The molecule has 1 aromatic heterocycles. The van der Waals surface area contributed by atoms with Gasteiger partial charge in [-0.25, -0.2) is 4.39 Å². The van der Waals surface area contributed by atoms with E-state index in [0.717, 1.165) is 11.4 Å². The first-order chi connectivity index (χ1) is 8.70. The molecule has 1 aromatic carbocycles. The van der Waals surface area contributed by atoms with Gasteiger partial charge in [-0.15, -0.1) is 0 Å². The van der Waals surface area contributed by atoms with Crippen LogP contribution in [-0.2, 0) is 6.54 Å². The van der Waals surface area contributed by atoms with Gasteiger partial charge in [0.25, 0.3) is 0 Å². The maximum absolute atomic E-state index is 13.5. The monoisotopic (exact) mass is 241 g/mol. The SMILES string of the molecule is CN(Cc1ccccn1)c1ccc(C#N)c(F)c1. The maximum atomic E-state index is 13.5. The molecule has 0 atom stereocenters. The number of aromatic nitrogens is 1. The number of nitriles is 1. The summed E-state index contributed by atoms with van der Waals surface area (Å²) in [5, 5.41) is 8.67. The third-order valence-corrected chi connectivity index (χ3v) is 2.64. The van der Waals surface area contributed by atoms with E-state index in [-0.39, 0.29) is 5.56 Å². The predicted molar refractivity (Wildman–Crippen MR) is 67.5 cm³/mol. The molecule has 0 fully saturated rings. The summed E-state index contributed by atoms with van der Waals surface area (Å²) >= 11 is 0. The van der Waals surface area contributed by atoms with Crippen LogP contribution < -0.4 is 4.90 Å². The molecule has 0 N–H and O–H groups in total. The molecule has 0 aliphatic rings. The van der Waals surface area contributed by atoms with Crippen LogP contribution in [-0.4, -0.2) is 12.0 Å². The van der Waals surface area contributed by atoms with Crippen LogP contribution in [0.15, 0.2) is 42.6 Å². The van der Waals surface area contributed by atoms with Crippen molar-refractivity contribution >= 4 is 5.69 Å². The summed E-state index contributed by atoms with van der Waals surface area (Å²) in [6.07, 6.45) is 1.72. The summed E-state index contributed by atoms with van der Waals surface area (Å²) in [5.41, 5.74) is 1.69. The van der Waals surface area contributed by atoms with Crippen molar-refractivity contribution in [3.05, 3.63) is 59.7 Å². The molecular formula is C14H12FN3. The standard InChI is InChI=1S/C14H12FN3/c1-18(10-12-4-2-3-7-17-12)13-6-5-11(9-16)14(15)8-13/h2-8H,10H2,1H3. The van der Waals surface area contributed by atoms with Gasteiger partial charge in [-0.1, -0.05) is 6.07 Å². The van der Waals surface area contributed by atoms with Gasteiger partial charge in [0, 0.05) is 18.9 Å². The Morgan fingerprint density at radius 1 is 1.33 bits per heavy atom. The second kappa shape index (κ2) is 5.28. The van der Waals surface area contributed by atoms with Gasteiger partial charge in [-0.2, -0.15) is 5.26 Å². The van der Waals surface area contributed by atoms with Crippen LogP contribution in [0.2, 0.25) is 0 Å². The molecule has 0 bridgehead atoms. The van der Waals surface area contributed by atoms with Gasteiger partial charge in [0.15, 0.2) is 0 Å². The van der Waals surface area contributed by atoms with Gasteiger partial charge in [-0.05, 0) is 30.3 Å². The Hall–Kier alpha value is -2.41. The summed E-state index contributed by atoms with van der Waals surface area (Å²) in [5.74, 6) is -0.497. The molecular weight excluding hydrogens is 229 g/mol. The third kappa shape index (κ3) is 2.64. The summed E-state index contributed by atoms with van der Waals surface area (Å²) in [4.78, 5) is 6.09. The molecule has 2 rings (SSSR count). The zero-order valence-corrected chi connectivity index (χ0v) is 9.97. The van der Waals surface area contributed by atoms with E-state index < -0.39 is 5.82 Å². The Morgan fingerprint density at radius 3 is 2.78 bits per heavy atom. The number of hydrogen-bond donors (Lipinski definition) is 0. The largest absolute Gasteiger partial charge is 0.369 e. The van der Waals surface area contributed by atoms with Gasteiger partial charge in [0.1, 0.15) is 11.9 Å². The highest BCUT2D eigenvalue weighted by molar-refractivity contribution is 5.50. The molecule has 90 valence electrons. The normalized spacial score (nSPS) is 9.83. The Morgan fingerprint density at radius 2 is 2.17 bits per heavy atom. The van der Waals surface area contributed by atoms with Crippen LogP contribution in [0.25, 0.3) is 0 Å². The predicted octanol–water partition coefficient (Wildman–Crippen LogP) is 2.73. The quantitative estimate of drug-likeness (QED) is 0.829. The van der Waals surface area contributed by atoms with Crippen LogP contribution in [0.1, 0.15) is 11.3 Å². The van der Waals surface area contributed by atoms with Gasteiger partial charge in [0.2, 0.25) is 0 Å². The lowest BCUT2D eigenvalue weighted by Gasteiger charge is -2.18. The highest BCUT2D eigenvalue weighted by atomic mass is 19.1. The molecule has 0 aliphatic heterocycles. The fourth-order valence-corrected chi connectivity index (χ4v) is 1.66. The van der Waals surface area contributed by atoms with E-state index in [1.807, 2.05) is 30.1 Å². The van der Waals surface area contributed by atoms with Crippen molar-refractivity contribution in [2.24, 2.45) is 0 Å². The van der Waals surface area contributed by atoms with E-state index >= 15 is 0 Å². The lowest BCUT2D eigenvalue weighted by Crippen LogP contribution is -2.17. The van der Waals surface area contributed by atoms with Gasteiger partial charge in [0.05, 0.1) is 17.8 Å². The minimum Gasteiger partial charge on any atom is -0.369 e. The number of halogens is 1. The van der Waals surface area contributed by atoms with Crippen molar-refractivity contribution in [2.45, 2.75) is 6.54 Å². The van der Waals surface area contributed by atoms with Crippen LogP contribution in [0.5, 0.6) is 0 Å². The van der Waals surface area contributed by atoms with Crippen molar-refractivity contribution in [1.29, 1.82) is 5.26 Å². The molecule has 2 aromatic rings. The van der Waals surface area contributed by atoms with E-state index in [4.69, 9.17) is 5.26 Å². The van der Waals surface area contributed by atoms with Gasteiger partial charge < -0.3 is 4.90 Å². The summed E-state index contributed by atoms with van der Waals surface area (Å²) in [6, 6.07) is 12.1. The van der Waals surface area contributed by atoms with E-state index in [1.54, 1.807) is 18.3 Å². The molecule has 0 amide bonds. The number of anilines is 1. The smallest absolute Gasteiger partial charge is 0.143 e. The van der Waals surface area contributed by atoms with Crippen LogP contribution in [0.3, 0.4) is 0 Å². The fourth-order valence-electron chi connectivity index (χ4n) is 1.66. The fraction of sp³-hybridized carbons (Fsp3) is 0.143. The highest BCUT2D eigenvalue weighted by Gasteiger charge is 2.07. The van der Waals surface area contributed by atoms with Crippen molar-refractivity contribution in [3.8, 4) is 6.07 Å². The van der Waals surface area contributed by atoms with Gasteiger partial charge in [-0.3, -0.25) is 4.98 Å². The number of nitrogens with zero attached hydrogens (tertiary/aromatic N) is 3. The van der Waals surface area contributed by atoms with Crippen LogP contribution in [0.4, 0.5) is 10.1 Å². The molecule has 3 nitrogen and oxygen atoms in total. The first-order valence-corrected chi connectivity index (χ1v) is 5.51. The number of rotatable bonds is 3. The summed E-state index contributed by atoms with van der Waals surface area (Å²) in [7, 11) is 1.86. The second-order valence-corrected chi connectivity index (χ2v) is 3.95. The Bertz CT molecular complexity index is 575. The average Bonchev–Trinajstić information content (AvgIpc) is 2.39. The highest BCUT2D eigenvalue weighted by Crippen LogP contribution is 2.18. The lowest BCUT2D eigenvalue weighted by molar-refractivity contribution is 0.623. The van der Waals surface area contributed by atoms with Crippen molar-refractivity contribution < 1.29 is 4.39 Å². The minimum atomic E-state index is -0.497. The molecule has 18 heavy (non-hydrogen) atoms. The molecule has 0 saturated heterocycles. The lowest BCUT2D eigenvalue weighted by atomic mass is 10.2. The summed E-state index contributed by atoms with van der Waals surface area (Å²) in [6.45, 7) is 0.589. The Labute approximate surface area is 105 Å². The molecule has 0 aliphatic carbocycles. The number of pyridine rings is 1. The van der Waals surface area contributed by atoms with E-state index in [0.29, 0.717) is 6.54 Å². The molecule has 0 unspecified atom stereocenters.